The van der Waals surface area contributed by atoms with Gasteiger partial charge in [0.05, 0.1) is 11.6 Å². The number of carbonyl (C=O) groups excluding carboxylic acids is 1. The zero-order chi connectivity index (χ0) is 18.4. The third-order valence-electron chi connectivity index (χ3n) is 3.81. The number of anilines is 2. The van der Waals surface area contributed by atoms with E-state index in [1.807, 2.05) is 48.3 Å². The number of nitrogens with zero attached hydrogens (tertiary/aromatic N) is 4. The topological polar surface area (TPSA) is 81.9 Å². The highest BCUT2D eigenvalue weighted by Gasteiger charge is 2.11. The number of hydrogen-bond donors (Lipinski definition) is 1. The van der Waals surface area contributed by atoms with Gasteiger partial charge in [0, 0.05) is 25.3 Å². The van der Waals surface area contributed by atoms with Crippen molar-refractivity contribution in [3.05, 3.63) is 83.8 Å². The Labute approximate surface area is 151 Å². The van der Waals surface area contributed by atoms with Gasteiger partial charge in [-0.1, -0.05) is 30.3 Å². The Kier molecular flexibility index (Phi) is 5.20. The van der Waals surface area contributed by atoms with Crippen molar-refractivity contribution in [2.75, 3.05) is 17.3 Å². The molecule has 0 saturated carbocycles. The lowest BCUT2D eigenvalue weighted by atomic mass is 10.2. The first kappa shape index (κ1) is 17.1. The average Bonchev–Trinajstić information content (AvgIpc) is 2.69. The molecule has 1 N–H and O–H groups in total. The van der Waals surface area contributed by atoms with Crippen LogP contribution >= 0.6 is 0 Å². The van der Waals surface area contributed by atoms with E-state index in [2.05, 4.69) is 15.3 Å². The molecule has 0 aliphatic heterocycles. The number of nitriles is 1. The van der Waals surface area contributed by atoms with E-state index in [1.54, 1.807) is 30.3 Å². The van der Waals surface area contributed by atoms with Gasteiger partial charge in [0.15, 0.2) is 0 Å². The minimum atomic E-state index is -0.327. The van der Waals surface area contributed by atoms with E-state index in [0.717, 1.165) is 5.56 Å². The summed E-state index contributed by atoms with van der Waals surface area (Å²) in [4.78, 5) is 22.7. The van der Waals surface area contributed by atoms with Gasteiger partial charge in [0.25, 0.3) is 5.91 Å². The van der Waals surface area contributed by atoms with Crippen LogP contribution < -0.4 is 10.2 Å². The molecular formula is C20H17N5O. The van der Waals surface area contributed by atoms with Crippen molar-refractivity contribution < 1.29 is 4.79 Å². The summed E-state index contributed by atoms with van der Waals surface area (Å²) < 4.78 is 0. The second-order valence-electron chi connectivity index (χ2n) is 5.75. The molecule has 0 fully saturated rings. The minimum Gasteiger partial charge on any atom is -0.355 e. The van der Waals surface area contributed by atoms with Crippen LogP contribution in [-0.2, 0) is 6.54 Å². The van der Waals surface area contributed by atoms with Crippen LogP contribution in [-0.4, -0.2) is 22.9 Å². The van der Waals surface area contributed by atoms with Crippen LogP contribution in [0.3, 0.4) is 0 Å². The van der Waals surface area contributed by atoms with Crippen molar-refractivity contribution in [2.24, 2.45) is 0 Å². The van der Waals surface area contributed by atoms with Crippen molar-refractivity contribution in [3.63, 3.8) is 0 Å². The first-order chi connectivity index (χ1) is 12.7. The van der Waals surface area contributed by atoms with E-state index in [4.69, 9.17) is 5.26 Å². The minimum absolute atomic E-state index is 0.277. The lowest BCUT2D eigenvalue weighted by Crippen LogP contribution is -2.20. The van der Waals surface area contributed by atoms with Crippen molar-refractivity contribution >= 4 is 17.4 Å². The normalized spacial score (nSPS) is 10.0. The molecule has 3 rings (SSSR count). The lowest BCUT2D eigenvalue weighted by Gasteiger charge is -2.18. The van der Waals surface area contributed by atoms with Gasteiger partial charge in [0.2, 0.25) is 0 Å². The molecule has 6 nitrogen and oxygen atoms in total. The summed E-state index contributed by atoms with van der Waals surface area (Å²) in [6.45, 7) is 0.675. The van der Waals surface area contributed by atoms with Crippen LogP contribution in [0.2, 0.25) is 0 Å². The standard InChI is InChI=1S/C20H17N5O/c1-25(13-16-5-3-2-4-6-16)19-11-18(22-14-23-19)20(26)24-17-9-7-15(12-21)8-10-17/h2-11,14H,13H2,1H3,(H,24,26). The molecule has 0 radical (unpaired) electrons. The Morgan fingerprint density at radius 3 is 2.54 bits per heavy atom. The second kappa shape index (κ2) is 7.90. The van der Waals surface area contributed by atoms with Gasteiger partial charge in [0.1, 0.15) is 17.8 Å². The van der Waals surface area contributed by atoms with Crippen molar-refractivity contribution in [3.8, 4) is 6.07 Å². The summed E-state index contributed by atoms with van der Waals surface area (Å²) in [5.74, 6) is 0.334. The van der Waals surface area contributed by atoms with Crippen LogP contribution in [0.25, 0.3) is 0 Å². The maximum atomic E-state index is 12.4. The SMILES string of the molecule is CN(Cc1ccccc1)c1cc(C(=O)Nc2ccc(C#N)cc2)ncn1. The zero-order valence-electron chi connectivity index (χ0n) is 14.3. The molecule has 128 valence electrons. The average molecular weight is 343 g/mol. The Hall–Kier alpha value is -3.72. The van der Waals surface area contributed by atoms with Gasteiger partial charge in [-0.3, -0.25) is 4.79 Å². The summed E-state index contributed by atoms with van der Waals surface area (Å²) >= 11 is 0. The van der Waals surface area contributed by atoms with E-state index in [-0.39, 0.29) is 11.6 Å². The fourth-order valence-electron chi connectivity index (χ4n) is 2.44. The Morgan fingerprint density at radius 2 is 1.85 bits per heavy atom. The number of carbonyl (C=O) groups is 1. The van der Waals surface area contributed by atoms with Gasteiger partial charge in [-0.2, -0.15) is 5.26 Å². The predicted octanol–water partition coefficient (Wildman–Crippen LogP) is 3.24. The van der Waals surface area contributed by atoms with Crippen LogP contribution in [0.1, 0.15) is 21.6 Å². The van der Waals surface area contributed by atoms with E-state index in [1.165, 1.54) is 6.33 Å². The first-order valence-corrected chi connectivity index (χ1v) is 8.04. The molecule has 0 bridgehead atoms. The quantitative estimate of drug-likeness (QED) is 0.769. The monoisotopic (exact) mass is 343 g/mol. The molecule has 0 atom stereocenters. The molecule has 1 amide bonds. The maximum absolute atomic E-state index is 12.4. The maximum Gasteiger partial charge on any atom is 0.274 e. The highest BCUT2D eigenvalue weighted by molar-refractivity contribution is 6.03. The van der Waals surface area contributed by atoms with Gasteiger partial charge in [-0.15, -0.1) is 0 Å². The third-order valence-corrected chi connectivity index (χ3v) is 3.81. The summed E-state index contributed by atoms with van der Waals surface area (Å²) in [6, 6.07) is 20.4. The van der Waals surface area contributed by atoms with Crippen LogP contribution in [0.15, 0.2) is 67.0 Å². The largest absolute Gasteiger partial charge is 0.355 e. The Balaban J connectivity index is 1.71. The predicted molar refractivity (Wildman–Crippen MR) is 99.7 cm³/mol. The fourth-order valence-corrected chi connectivity index (χ4v) is 2.44. The first-order valence-electron chi connectivity index (χ1n) is 8.04. The van der Waals surface area contributed by atoms with Gasteiger partial charge >= 0.3 is 0 Å². The summed E-state index contributed by atoms with van der Waals surface area (Å²) in [7, 11) is 1.91. The number of hydrogen-bond acceptors (Lipinski definition) is 5. The zero-order valence-corrected chi connectivity index (χ0v) is 14.3. The van der Waals surface area contributed by atoms with Crippen LogP contribution in [0, 0.1) is 11.3 Å². The van der Waals surface area contributed by atoms with Crippen molar-refractivity contribution in [1.29, 1.82) is 5.26 Å². The molecule has 0 unspecified atom stereocenters. The molecule has 0 aliphatic carbocycles. The highest BCUT2D eigenvalue weighted by atomic mass is 16.1. The molecule has 0 aliphatic rings. The van der Waals surface area contributed by atoms with E-state index >= 15 is 0 Å². The Bertz CT molecular complexity index is 932. The molecule has 1 aromatic heterocycles. The van der Waals surface area contributed by atoms with Gasteiger partial charge in [-0.05, 0) is 29.8 Å². The summed E-state index contributed by atoms with van der Waals surface area (Å²) in [5, 5.41) is 11.6. The van der Waals surface area contributed by atoms with Crippen molar-refractivity contribution in [1.82, 2.24) is 9.97 Å². The Morgan fingerprint density at radius 1 is 1.12 bits per heavy atom. The number of amides is 1. The lowest BCUT2D eigenvalue weighted by molar-refractivity contribution is 0.102. The molecule has 6 heteroatoms. The smallest absolute Gasteiger partial charge is 0.274 e. The molecule has 1 heterocycles. The fraction of sp³-hybridized carbons (Fsp3) is 0.100. The summed E-state index contributed by atoms with van der Waals surface area (Å²) in [5.41, 5.74) is 2.57. The molecule has 0 spiro atoms. The van der Waals surface area contributed by atoms with Crippen LogP contribution in [0.4, 0.5) is 11.5 Å². The second-order valence-corrected chi connectivity index (χ2v) is 5.75. The van der Waals surface area contributed by atoms with Gasteiger partial charge in [-0.25, -0.2) is 9.97 Å². The molecule has 2 aromatic carbocycles. The van der Waals surface area contributed by atoms with E-state index in [0.29, 0.717) is 23.6 Å². The number of benzene rings is 2. The third kappa shape index (κ3) is 4.22. The van der Waals surface area contributed by atoms with Crippen LogP contribution in [0.5, 0.6) is 0 Å². The summed E-state index contributed by atoms with van der Waals surface area (Å²) in [6.07, 6.45) is 1.38. The number of nitrogens with one attached hydrogen (secondary N) is 1. The van der Waals surface area contributed by atoms with E-state index in [9.17, 15) is 4.79 Å². The molecular weight excluding hydrogens is 326 g/mol. The molecule has 0 saturated heterocycles. The molecule has 26 heavy (non-hydrogen) atoms. The van der Waals surface area contributed by atoms with Gasteiger partial charge < -0.3 is 10.2 Å². The highest BCUT2D eigenvalue weighted by Crippen LogP contribution is 2.15. The number of aromatic nitrogens is 2. The molecule has 3 aromatic rings. The van der Waals surface area contributed by atoms with Crippen molar-refractivity contribution in [2.45, 2.75) is 6.54 Å². The number of rotatable bonds is 5. The van der Waals surface area contributed by atoms with E-state index < -0.39 is 0 Å².